The van der Waals surface area contributed by atoms with Crippen LogP contribution in [0.15, 0.2) is 12.3 Å². The summed E-state index contributed by atoms with van der Waals surface area (Å²) in [4.78, 5) is 0. The van der Waals surface area contributed by atoms with Crippen LogP contribution in [0.5, 0.6) is 0 Å². The highest BCUT2D eigenvalue weighted by Gasteiger charge is 1.90. The van der Waals surface area contributed by atoms with Crippen LogP contribution in [0.2, 0.25) is 0 Å². The summed E-state index contributed by atoms with van der Waals surface area (Å²) in [5.41, 5.74) is 5.36. The number of hydrogen-bond acceptors (Lipinski definition) is 2. The zero-order chi connectivity index (χ0) is 11.9. The quantitative estimate of drug-likeness (QED) is 0.499. The molecular formula is C14H30N2. The zero-order valence-corrected chi connectivity index (χ0v) is 11.0. The standard InChI is InChI=1S/C14H30N2/c1-2-3-4-5-6-7-8-9-10-11-13-16-14-12-15/h11,13,16H,2-10,12,14-15H2,1H3. The van der Waals surface area contributed by atoms with E-state index in [1.165, 1.54) is 57.8 Å². The van der Waals surface area contributed by atoms with E-state index < -0.39 is 0 Å². The van der Waals surface area contributed by atoms with Crippen molar-refractivity contribution >= 4 is 0 Å². The van der Waals surface area contributed by atoms with Gasteiger partial charge in [0.1, 0.15) is 0 Å². The van der Waals surface area contributed by atoms with Crippen LogP contribution < -0.4 is 11.1 Å². The van der Waals surface area contributed by atoms with Crippen molar-refractivity contribution in [3.8, 4) is 0 Å². The molecule has 0 spiro atoms. The van der Waals surface area contributed by atoms with Gasteiger partial charge in [0.2, 0.25) is 0 Å². The molecule has 0 bridgehead atoms. The molecule has 0 aromatic carbocycles. The Morgan fingerprint density at radius 2 is 1.56 bits per heavy atom. The molecule has 0 aromatic heterocycles. The van der Waals surface area contributed by atoms with Gasteiger partial charge in [-0.15, -0.1) is 0 Å². The van der Waals surface area contributed by atoms with Gasteiger partial charge in [0.25, 0.3) is 0 Å². The Hall–Kier alpha value is -0.500. The van der Waals surface area contributed by atoms with Gasteiger partial charge in [-0.2, -0.15) is 0 Å². The summed E-state index contributed by atoms with van der Waals surface area (Å²) in [6, 6.07) is 0. The topological polar surface area (TPSA) is 38.0 Å². The lowest BCUT2D eigenvalue weighted by molar-refractivity contribution is 0.577. The van der Waals surface area contributed by atoms with Gasteiger partial charge in [0.05, 0.1) is 0 Å². The number of nitrogens with one attached hydrogen (secondary N) is 1. The molecule has 0 aliphatic heterocycles. The fourth-order valence-corrected chi connectivity index (χ4v) is 1.73. The molecule has 0 fully saturated rings. The van der Waals surface area contributed by atoms with Crippen molar-refractivity contribution in [1.29, 1.82) is 0 Å². The third-order valence-electron chi connectivity index (χ3n) is 2.75. The molecule has 96 valence electrons. The Morgan fingerprint density at radius 3 is 2.19 bits per heavy atom. The Bertz CT molecular complexity index is 144. The van der Waals surface area contributed by atoms with Crippen LogP contribution in [0.4, 0.5) is 0 Å². The molecule has 2 heteroatoms. The Balaban J connectivity index is 2.95. The predicted molar refractivity (Wildman–Crippen MR) is 73.4 cm³/mol. The van der Waals surface area contributed by atoms with E-state index in [4.69, 9.17) is 5.73 Å². The fraction of sp³-hybridized carbons (Fsp3) is 0.857. The Kier molecular flexibility index (Phi) is 14.0. The van der Waals surface area contributed by atoms with Gasteiger partial charge in [0, 0.05) is 13.1 Å². The second kappa shape index (κ2) is 14.5. The highest BCUT2D eigenvalue weighted by atomic mass is 14.8. The van der Waals surface area contributed by atoms with Crippen LogP contribution in [0, 0.1) is 0 Å². The smallest absolute Gasteiger partial charge is 0.0264 e. The van der Waals surface area contributed by atoms with Crippen LogP contribution >= 0.6 is 0 Å². The first-order valence-electron chi connectivity index (χ1n) is 7.00. The van der Waals surface area contributed by atoms with Crippen molar-refractivity contribution < 1.29 is 0 Å². The third-order valence-corrected chi connectivity index (χ3v) is 2.75. The first-order valence-corrected chi connectivity index (χ1v) is 7.00. The Morgan fingerprint density at radius 1 is 0.938 bits per heavy atom. The lowest BCUT2D eigenvalue weighted by atomic mass is 10.1. The molecule has 0 heterocycles. The summed E-state index contributed by atoms with van der Waals surface area (Å²) in [5.74, 6) is 0. The van der Waals surface area contributed by atoms with E-state index in [0.717, 1.165) is 6.54 Å². The van der Waals surface area contributed by atoms with Crippen molar-refractivity contribution in [3.05, 3.63) is 12.3 Å². The minimum atomic E-state index is 0.710. The van der Waals surface area contributed by atoms with Gasteiger partial charge in [-0.3, -0.25) is 0 Å². The van der Waals surface area contributed by atoms with E-state index in [9.17, 15) is 0 Å². The first-order chi connectivity index (χ1) is 7.91. The molecule has 0 aromatic rings. The van der Waals surface area contributed by atoms with Gasteiger partial charge in [0.15, 0.2) is 0 Å². The number of rotatable bonds is 12. The molecule has 0 aliphatic rings. The molecule has 0 saturated heterocycles. The molecule has 3 N–H and O–H groups in total. The largest absolute Gasteiger partial charge is 0.390 e. The molecule has 0 atom stereocenters. The molecule has 0 radical (unpaired) electrons. The van der Waals surface area contributed by atoms with Crippen LogP contribution in [-0.2, 0) is 0 Å². The van der Waals surface area contributed by atoms with Crippen LogP contribution in [0.1, 0.15) is 64.7 Å². The van der Waals surface area contributed by atoms with E-state index >= 15 is 0 Å². The van der Waals surface area contributed by atoms with E-state index in [2.05, 4.69) is 18.3 Å². The van der Waals surface area contributed by atoms with Gasteiger partial charge in [-0.05, 0) is 19.0 Å². The fourth-order valence-electron chi connectivity index (χ4n) is 1.73. The van der Waals surface area contributed by atoms with E-state index in [1.54, 1.807) is 0 Å². The van der Waals surface area contributed by atoms with Crippen molar-refractivity contribution in [1.82, 2.24) is 5.32 Å². The normalized spacial score (nSPS) is 11.1. The van der Waals surface area contributed by atoms with E-state index in [0.29, 0.717) is 6.54 Å². The van der Waals surface area contributed by atoms with E-state index in [1.807, 2.05) is 6.20 Å². The monoisotopic (exact) mass is 226 g/mol. The lowest BCUT2D eigenvalue weighted by Crippen LogP contribution is -2.16. The van der Waals surface area contributed by atoms with Crippen LogP contribution in [0.3, 0.4) is 0 Å². The molecule has 0 rings (SSSR count). The maximum Gasteiger partial charge on any atom is 0.0264 e. The van der Waals surface area contributed by atoms with Gasteiger partial charge >= 0.3 is 0 Å². The number of allylic oxidation sites excluding steroid dienone is 1. The maximum absolute atomic E-state index is 5.36. The minimum Gasteiger partial charge on any atom is -0.390 e. The molecule has 0 unspecified atom stereocenters. The number of hydrogen-bond donors (Lipinski definition) is 2. The lowest BCUT2D eigenvalue weighted by Gasteiger charge is -2.00. The Labute approximate surface area is 102 Å². The summed E-state index contributed by atoms with van der Waals surface area (Å²) >= 11 is 0. The van der Waals surface area contributed by atoms with Crippen molar-refractivity contribution in [2.45, 2.75) is 64.7 Å². The highest BCUT2D eigenvalue weighted by Crippen LogP contribution is 2.09. The molecule has 0 amide bonds. The molecular weight excluding hydrogens is 196 g/mol. The van der Waals surface area contributed by atoms with Gasteiger partial charge < -0.3 is 11.1 Å². The number of unbranched alkanes of at least 4 members (excludes halogenated alkanes) is 8. The summed E-state index contributed by atoms with van der Waals surface area (Å²) in [6.07, 6.45) is 16.6. The van der Waals surface area contributed by atoms with Crippen molar-refractivity contribution in [3.63, 3.8) is 0 Å². The second-order valence-corrected chi connectivity index (χ2v) is 4.41. The van der Waals surface area contributed by atoms with Crippen LogP contribution in [-0.4, -0.2) is 13.1 Å². The van der Waals surface area contributed by atoms with Gasteiger partial charge in [-0.25, -0.2) is 0 Å². The average molecular weight is 226 g/mol. The molecule has 2 nitrogen and oxygen atoms in total. The summed E-state index contributed by atoms with van der Waals surface area (Å²) in [7, 11) is 0. The zero-order valence-electron chi connectivity index (χ0n) is 11.0. The minimum absolute atomic E-state index is 0.710. The second-order valence-electron chi connectivity index (χ2n) is 4.41. The van der Waals surface area contributed by atoms with Crippen LogP contribution in [0.25, 0.3) is 0 Å². The van der Waals surface area contributed by atoms with Gasteiger partial charge in [-0.1, -0.05) is 57.9 Å². The molecule has 16 heavy (non-hydrogen) atoms. The highest BCUT2D eigenvalue weighted by molar-refractivity contribution is 4.79. The average Bonchev–Trinajstić information content (AvgIpc) is 2.31. The molecule has 0 saturated carbocycles. The summed E-state index contributed by atoms with van der Waals surface area (Å²) in [5, 5.41) is 3.15. The SMILES string of the molecule is CCCCCCCCCCC=CNCCN. The third kappa shape index (κ3) is 13.5. The summed E-state index contributed by atoms with van der Waals surface area (Å²) in [6.45, 7) is 3.86. The molecule has 0 aliphatic carbocycles. The summed E-state index contributed by atoms with van der Waals surface area (Å²) < 4.78 is 0. The first kappa shape index (κ1) is 15.5. The maximum atomic E-state index is 5.36. The van der Waals surface area contributed by atoms with E-state index in [-0.39, 0.29) is 0 Å². The number of nitrogens with two attached hydrogens (primary N) is 1. The predicted octanol–water partition coefficient (Wildman–Crippen LogP) is 3.58. The van der Waals surface area contributed by atoms with Crippen molar-refractivity contribution in [2.75, 3.05) is 13.1 Å². The van der Waals surface area contributed by atoms with Crippen molar-refractivity contribution in [2.24, 2.45) is 5.73 Å².